The van der Waals surface area contributed by atoms with Gasteiger partial charge < -0.3 is 37.9 Å². The van der Waals surface area contributed by atoms with Crippen molar-refractivity contribution in [2.45, 2.75) is 10.8 Å². The number of ether oxygens (including phenoxy) is 8. The minimum absolute atomic E-state index is 0.574. The van der Waals surface area contributed by atoms with Crippen molar-refractivity contribution >= 4 is 21.5 Å². The van der Waals surface area contributed by atoms with Crippen LogP contribution in [0.5, 0.6) is 46.0 Å². The normalized spacial score (nSPS) is 13.4. The van der Waals surface area contributed by atoms with Crippen molar-refractivity contribution in [3.05, 3.63) is 179 Å². The summed E-state index contributed by atoms with van der Waals surface area (Å²) in [5, 5.41) is 4.45. The molecular formula is C54H48O8. The van der Waals surface area contributed by atoms with E-state index >= 15 is 0 Å². The van der Waals surface area contributed by atoms with Crippen LogP contribution in [0.15, 0.2) is 146 Å². The van der Waals surface area contributed by atoms with Gasteiger partial charge in [0.2, 0.25) is 0 Å². The molecule has 9 rings (SSSR count). The molecule has 1 aliphatic rings. The fraction of sp³-hybridized carbons (Fsp3) is 0.185. The number of benzene rings is 8. The summed E-state index contributed by atoms with van der Waals surface area (Å²) in [5.74, 6) is 4.69. The number of methoxy groups -OCH3 is 8. The van der Waals surface area contributed by atoms with E-state index in [2.05, 4.69) is 121 Å². The second-order valence-corrected chi connectivity index (χ2v) is 15.2. The van der Waals surface area contributed by atoms with E-state index in [0.717, 1.165) is 66.1 Å². The Morgan fingerprint density at radius 2 is 0.548 bits per heavy atom. The molecule has 0 heterocycles. The molecule has 0 unspecified atom stereocenters. The predicted molar refractivity (Wildman–Crippen MR) is 245 cm³/mol. The number of hydrogen-bond acceptors (Lipinski definition) is 8. The largest absolute Gasteiger partial charge is 0.493 e. The van der Waals surface area contributed by atoms with Crippen molar-refractivity contribution in [1.82, 2.24) is 0 Å². The number of rotatable bonds is 12. The van der Waals surface area contributed by atoms with Crippen LogP contribution in [0.1, 0.15) is 33.4 Å². The Balaban J connectivity index is 1.67. The predicted octanol–water partition coefficient (Wildman–Crippen LogP) is 11.4. The van der Waals surface area contributed by atoms with E-state index in [1.54, 1.807) is 56.9 Å². The van der Waals surface area contributed by atoms with E-state index < -0.39 is 10.8 Å². The highest BCUT2D eigenvalue weighted by Crippen LogP contribution is 2.68. The first-order valence-electron chi connectivity index (χ1n) is 20.3. The SMILES string of the molecule is COc1ccc(C2(c3ccc(OC)c(OC)c3)c3ccc4ccccc4c3-c3c(ccc4ccccc34)C2(c2ccc(OC)c(OC)c2)c2ccc(OC)c(OC)c2)cc1OC. The van der Waals surface area contributed by atoms with Crippen LogP contribution in [0.3, 0.4) is 0 Å². The fourth-order valence-electron chi connectivity index (χ4n) is 10.2. The van der Waals surface area contributed by atoms with Gasteiger partial charge in [0.1, 0.15) is 0 Å². The first-order chi connectivity index (χ1) is 30.4. The summed E-state index contributed by atoms with van der Waals surface area (Å²) in [6.45, 7) is 0. The lowest BCUT2D eigenvalue weighted by Crippen LogP contribution is -2.55. The molecule has 8 heteroatoms. The summed E-state index contributed by atoms with van der Waals surface area (Å²) >= 11 is 0. The zero-order chi connectivity index (χ0) is 43.2. The molecule has 8 nitrogen and oxygen atoms in total. The molecular weight excluding hydrogens is 777 g/mol. The maximum atomic E-state index is 6.19. The van der Waals surface area contributed by atoms with Gasteiger partial charge in [-0.25, -0.2) is 0 Å². The van der Waals surface area contributed by atoms with Gasteiger partial charge in [-0.3, -0.25) is 0 Å². The van der Waals surface area contributed by atoms with Crippen LogP contribution >= 0.6 is 0 Å². The lowest BCUT2D eigenvalue weighted by atomic mass is 9.43. The topological polar surface area (TPSA) is 73.8 Å². The summed E-state index contributed by atoms with van der Waals surface area (Å²) in [7, 11) is 13.3. The highest BCUT2D eigenvalue weighted by molar-refractivity contribution is 6.11. The zero-order valence-electron chi connectivity index (χ0n) is 36.1. The van der Waals surface area contributed by atoms with Crippen LogP contribution < -0.4 is 37.9 Å². The molecule has 0 saturated heterocycles. The van der Waals surface area contributed by atoms with Gasteiger partial charge >= 0.3 is 0 Å². The van der Waals surface area contributed by atoms with E-state index in [1.165, 1.54) is 0 Å². The number of hydrogen-bond donors (Lipinski definition) is 0. The van der Waals surface area contributed by atoms with Gasteiger partial charge in [0, 0.05) is 0 Å². The van der Waals surface area contributed by atoms with E-state index in [4.69, 9.17) is 37.9 Å². The third-order valence-electron chi connectivity index (χ3n) is 12.7. The third-order valence-corrected chi connectivity index (χ3v) is 12.7. The Labute approximate surface area is 362 Å². The lowest BCUT2D eigenvalue weighted by molar-refractivity contribution is 0.343. The Bertz CT molecular complexity index is 2680. The van der Waals surface area contributed by atoms with Crippen LogP contribution in [0, 0.1) is 0 Å². The van der Waals surface area contributed by atoms with E-state index in [-0.39, 0.29) is 0 Å². The molecule has 0 radical (unpaired) electrons. The Morgan fingerprint density at radius 3 is 0.823 bits per heavy atom. The van der Waals surface area contributed by atoms with Crippen molar-refractivity contribution in [1.29, 1.82) is 0 Å². The first kappa shape index (κ1) is 40.1. The molecule has 0 atom stereocenters. The quantitative estimate of drug-likeness (QED) is 0.121. The van der Waals surface area contributed by atoms with Crippen molar-refractivity contribution in [3.8, 4) is 57.1 Å². The van der Waals surface area contributed by atoms with E-state index in [0.29, 0.717) is 46.0 Å². The second kappa shape index (κ2) is 15.9. The van der Waals surface area contributed by atoms with Crippen LogP contribution in [-0.2, 0) is 10.8 Å². The monoisotopic (exact) mass is 824 g/mol. The van der Waals surface area contributed by atoms with Crippen LogP contribution in [-0.4, -0.2) is 56.9 Å². The number of fused-ring (bicyclic) bond motifs is 7. The first-order valence-corrected chi connectivity index (χ1v) is 20.3. The molecule has 0 aromatic heterocycles. The molecule has 0 fully saturated rings. The van der Waals surface area contributed by atoms with E-state index in [1.807, 2.05) is 24.3 Å². The van der Waals surface area contributed by atoms with Gasteiger partial charge in [-0.2, -0.15) is 0 Å². The molecule has 1 aliphatic carbocycles. The molecule has 0 N–H and O–H groups in total. The second-order valence-electron chi connectivity index (χ2n) is 15.2. The maximum Gasteiger partial charge on any atom is 0.161 e. The van der Waals surface area contributed by atoms with Gasteiger partial charge in [-0.15, -0.1) is 0 Å². The molecule has 312 valence electrons. The lowest BCUT2D eigenvalue weighted by Gasteiger charge is -2.57. The average molecular weight is 825 g/mol. The van der Waals surface area contributed by atoms with Gasteiger partial charge in [-0.1, -0.05) is 97.1 Å². The van der Waals surface area contributed by atoms with Crippen molar-refractivity contribution in [2.24, 2.45) is 0 Å². The van der Waals surface area contributed by atoms with Gasteiger partial charge in [-0.05, 0) is 115 Å². The highest BCUT2D eigenvalue weighted by atomic mass is 16.5. The van der Waals surface area contributed by atoms with Gasteiger partial charge in [0.15, 0.2) is 46.0 Å². The Morgan fingerprint density at radius 1 is 0.274 bits per heavy atom. The Kier molecular flexibility index (Phi) is 10.3. The Hall–Kier alpha value is -7.32. The maximum absolute atomic E-state index is 6.19. The molecule has 0 aliphatic heterocycles. The average Bonchev–Trinajstić information content (AvgIpc) is 3.34. The molecule has 0 amide bonds. The molecule has 8 aromatic carbocycles. The van der Waals surface area contributed by atoms with Crippen molar-refractivity contribution in [3.63, 3.8) is 0 Å². The molecule has 0 spiro atoms. The van der Waals surface area contributed by atoms with Gasteiger partial charge in [0.05, 0.1) is 67.7 Å². The highest BCUT2D eigenvalue weighted by Gasteiger charge is 2.62. The van der Waals surface area contributed by atoms with E-state index in [9.17, 15) is 0 Å². The van der Waals surface area contributed by atoms with Crippen LogP contribution in [0.2, 0.25) is 0 Å². The smallest absolute Gasteiger partial charge is 0.161 e. The summed E-state index contributed by atoms with van der Waals surface area (Å²) in [6, 6.07) is 51.3. The van der Waals surface area contributed by atoms with Crippen LogP contribution in [0.4, 0.5) is 0 Å². The van der Waals surface area contributed by atoms with Crippen molar-refractivity contribution in [2.75, 3.05) is 56.9 Å². The zero-order valence-corrected chi connectivity index (χ0v) is 36.1. The van der Waals surface area contributed by atoms with Crippen LogP contribution in [0.25, 0.3) is 32.7 Å². The molecule has 0 saturated carbocycles. The third kappa shape index (κ3) is 5.66. The fourth-order valence-corrected chi connectivity index (χ4v) is 10.2. The summed E-state index contributed by atoms with van der Waals surface area (Å²) < 4.78 is 48.4. The summed E-state index contributed by atoms with van der Waals surface area (Å²) in [5.41, 5.74) is 5.65. The minimum Gasteiger partial charge on any atom is -0.493 e. The molecule has 0 bridgehead atoms. The van der Waals surface area contributed by atoms with Crippen molar-refractivity contribution < 1.29 is 37.9 Å². The van der Waals surface area contributed by atoms with Gasteiger partial charge in [0.25, 0.3) is 0 Å². The minimum atomic E-state index is -1.17. The molecule has 62 heavy (non-hydrogen) atoms. The summed E-state index contributed by atoms with van der Waals surface area (Å²) in [4.78, 5) is 0. The molecule has 8 aromatic rings. The standard InChI is InChI=1S/C54H48O8/c1-55-43-25-19-35(29-47(43)59-5)53(36-20-26-44(56-2)48(30-36)60-6)41-23-17-33-13-9-11-15-39(33)51(41)52-40-16-12-10-14-34(40)18-24-42(52)54(53,37-21-27-45(57-3)49(31-37)61-7)38-22-28-46(58-4)50(32-38)62-8/h9-32H,1-8H3. The summed E-state index contributed by atoms with van der Waals surface area (Å²) in [6.07, 6.45) is 0.